The van der Waals surface area contributed by atoms with E-state index in [1.807, 2.05) is 0 Å². The standard InChI is InChI=1S/C24H27F2N3O6S/c25-24(26)35-18-4-1-16(2-5-18)13-29-20-11-17(22(30)28-12-15-7-9-34-10-8-15)3-6-21(20)36(32,33)14-19(27)23(29)31/h1-6,11,15,19,24H,7-10,12-14,27H2,(H,28,30)/t19-/m0/s1. The molecule has 0 aromatic heterocycles. The number of ether oxygens (including phenoxy) is 2. The van der Waals surface area contributed by atoms with Crippen molar-refractivity contribution in [1.82, 2.24) is 5.32 Å². The van der Waals surface area contributed by atoms with E-state index >= 15 is 0 Å². The summed E-state index contributed by atoms with van der Waals surface area (Å²) in [6.45, 7) is -1.32. The zero-order chi connectivity index (χ0) is 25.9. The van der Waals surface area contributed by atoms with Crippen LogP contribution < -0.4 is 20.7 Å². The van der Waals surface area contributed by atoms with Crippen LogP contribution in [0.25, 0.3) is 0 Å². The molecular formula is C24H27F2N3O6S. The third kappa shape index (κ3) is 6.00. The van der Waals surface area contributed by atoms with Crippen molar-refractivity contribution in [2.24, 2.45) is 11.7 Å². The molecular weight excluding hydrogens is 496 g/mol. The highest BCUT2D eigenvalue weighted by Crippen LogP contribution is 2.33. The number of carbonyl (C=O) groups is 2. The van der Waals surface area contributed by atoms with Gasteiger partial charge in [-0.25, -0.2) is 8.42 Å². The Labute approximate surface area is 207 Å². The quantitative estimate of drug-likeness (QED) is 0.569. The number of halogens is 2. The molecule has 0 unspecified atom stereocenters. The zero-order valence-electron chi connectivity index (χ0n) is 19.4. The highest BCUT2D eigenvalue weighted by molar-refractivity contribution is 7.91. The molecule has 1 fully saturated rings. The average molecular weight is 524 g/mol. The second kappa shape index (κ2) is 10.9. The summed E-state index contributed by atoms with van der Waals surface area (Å²) in [6, 6.07) is 8.39. The molecule has 2 amide bonds. The number of hydrogen-bond donors (Lipinski definition) is 2. The van der Waals surface area contributed by atoms with Gasteiger partial charge < -0.3 is 25.4 Å². The van der Waals surface area contributed by atoms with Gasteiger partial charge in [0.1, 0.15) is 5.75 Å². The number of nitrogens with zero attached hydrogens (tertiary/aromatic N) is 1. The fourth-order valence-corrected chi connectivity index (χ4v) is 5.82. The smallest absolute Gasteiger partial charge is 0.387 e. The van der Waals surface area contributed by atoms with E-state index in [0.29, 0.717) is 25.3 Å². The largest absolute Gasteiger partial charge is 0.435 e. The summed E-state index contributed by atoms with van der Waals surface area (Å²) in [5, 5.41) is 2.87. The zero-order valence-corrected chi connectivity index (χ0v) is 20.2. The first-order chi connectivity index (χ1) is 17.1. The molecule has 1 atom stereocenters. The Kier molecular flexibility index (Phi) is 7.86. The van der Waals surface area contributed by atoms with Crippen LogP contribution in [0.4, 0.5) is 14.5 Å². The third-order valence-corrected chi connectivity index (χ3v) is 8.02. The number of sulfone groups is 1. The van der Waals surface area contributed by atoms with Crippen LogP contribution in [0.15, 0.2) is 47.4 Å². The molecule has 0 bridgehead atoms. The molecule has 36 heavy (non-hydrogen) atoms. The number of anilines is 1. The van der Waals surface area contributed by atoms with Gasteiger partial charge in [0.25, 0.3) is 5.91 Å². The minimum atomic E-state index is -3.91. The maximum absolute atomic E-state index is 13.1. The number of amides is 2. The molecule has 194 valence electrons. The molecule has 12 heteroatoms. The molecule has 1 saturated heterocycles. The molecule has 3 N–H and O–H groups in total. The Morgan fingerprint density at radius 1 is 1.17 bits per heavy atom. The first kappa shape index (κ1) is 26.0. The van der Waals surface area contributed by atoms with Crippen molar-refractivity contribution in [3.05, 3.63) is 53.6 Å². The normalized spacial score (nSPS) is 20.1. The number of rotatable bonds is 7. The van der Waals surface area contributed by atoms with E-state index in [0.717, 1.165) is 12.8 Å². The van der Waals surface area contributed by atoms with Crippen LogP contribution >= 0.6 is 0 Å². The highest BCUT2D eigenvalue weighted by Gasteiger charge is 2.36. The van der Waals surface area contributed by atoms with Gasteiger partial charge in [-0.15, -0.1) is 0 Å². The number of carbonyl (C=O) groups excluding carboxylic acids is 2. The van der Waals surface area contributed by atoms with Gasteiger partial charge in [0.15, 0.2) is 9.84 Å². The number of fused-ring (bicyclic) bond motifs is 1. The van der Waals surface area contributed by atoms with Crippen molar-refractivity contribution in [2.45, 2.75) is 36.9 Å². The summed E-state index contributed by atoms with van der Waals surface area (Å²) in [5.74, 6) is -1.37. The van der Waals surface area contributed by atoms with E-state index in [2.05, 4.69) is 10.1 Å². The van der Waals surface area contributed by atoms with E-state index < -0.39 is 40.1 Å². The topological polar surface area (TPSA) is 128 Å². The third-order valence-electron chi connectivity index (χ3n) is 6.21. The number of hydrogen-bond acceptors (Lipinski definition) is 7. The summed E-state index contributed by atoms with van der Waals surface area (Å²) in [5.41, 5.74) is 6.69. The van der Waals surface area contributed by atoms with Crippen molar-refractivity contribution in [1.29, 1.82) is 0 Å². The molecule has 4 rings (SSSR count). The maximum atomic E-state index is 13.1. The molecule has 9 nitrogen and oxygen atoms in total. The minimum absolute atomic E-state index is 0.0413. The van der Waals surface area contributed by atoms with Crippen LogP contribution in [0, 0.1) is 5.92 Å². The van der Waals surface area contributed by atoms with Crippen molar-refractivity contribution in [3.8, 4) is 5.75 Å². The summed E-state index contributed by atoms with van der Waals surface area (Å²) in [4.78, 5) is 27.1. The summed E-state index contributed by atoms with van der Waals surface area (Å²) in [7, 11) is -3.91. The second-order valence-electron chi connectivity index (χ2n) is 8.78. The van der Waals surface area contributed by atoms with Crippen LogP contribution in [0.3, 0.4) is 0 Å². The van der Waals surface area contributed by atoms with Crippen LogP contribution in [-0.2, 0) is 25.9 Å². The average Bonchev–Trinajstić information content (AvgIpc) is 2.92. The predicted octanol–water partition coefficient (Wildman–Crippen LogP) is 2.09. The lowest BCUT2D eigenvalue weighted by molar-refractivity contribution is -0.119. The molecule has 0 saturated carbocycles. The van der Waals surface area contributed by atoms with Gasteiger partial charge in [-0.1, -0.05) is 12.1 Å². The first-order valence-corrected chi connectivity index (χ1v) is 13.1. The van der Waals surface area contributed by atoms with E-state index in [1.54, 1.807) is 0 Å². The number of nitrogens with two attached hydrogens (primary N) is 1. The molecule has 2 aromatic rings. The van der Waals surface area contributed by atoms with Crippen molar-refractivity contribution >= 4 is 27.3 Å². The molecule has 2 aliphatic heterocycles. The summed E-state index contributed by atoms with van der Waals surface area (Å²) >= 11 is 0. The molecule has 2 heterocycles. The minimum Gasteiger partial charge on any atom is -0.435 e. The van der Waals surface area contributed by atoms with Gasteiger partial charge in [0, 0.05) is 25.3 Å². The summed E-state index contributed by atoms with van der Waals surface area (Å²) < 4.78 is 60.5. The molecule has 0 spiro atoms. The van der Waals surface area contributed by atoms with Crippen molar-refractivity contribution in [3.63, 3.8) is 0 Å². The second-order valence-corrected chi connectivity index (χ2v) is 10.8. The highest BCUT2D eigenvalue weighted by atomic mass is 32.2. The van der Waals surface area contributed by atoms with E-state index in [1.165, 1.54) is 47.4 Å². The van der Waals surface area contributed by atoms with Crippen molar-refractivity contribution in [2.75, 3.05) is 30.4 Å². The van der Waals surface area contributed by atoms with E-state index in [-0.39, 0.29) is 34.4 Å². The molecule has 0 radical (unpaired) electrons. The van der Waals surface area contributed by atoms with Gasteiger partial charge in [0.2, 0.25) is 5.91 Å². The van der Waals surface area contributed by atoms with Crippen LogP contribution in [0.1, 0.15) is 28.8 Å². The van der Waals surface area contributed by atoms with Gasteiger partial charge in [-0.2, -0.15) is 8.78 Å². The van der Waals surface area contributed by atoms with Crippen molar-refractivity contribution < 1.29 is 36.3 Å². The Balaban J connectivity index is 1.62. The SMILES string of the molecule is N[C@H]1CS(=O)(=O)c2ccc(C(=O)NCC3CCOCC3)cc2N(Cc2ccc(OC(F)F)cc2)C1=O. The van der Waals surface area contributed by atoms with Gasteiger partial charge in [-0.05, 0) is 54.7 Å². The fraction of sp³-hybridized carbons (Fsp3) is 0.417. The Bertz CT molecular complexity index is 1220. The fourth-order valence-electron chi connectivity index (χ4n) is 4.26. The molecule has 2 aromatic carbocycles. The van der Waals surface area contributed by atoms with Gasteiger partial charge in [0.05, 0.1) is 28.9 Å². The first-order valence-electron chi connectivity index (χ1n) is 11.5. The Morgan fingerprint density at radius 3 is 2.53 bits per heavy atom. The van der Waals surface area contributed by atoms with Crippen LogP contribution in [-0.4, -0.2) is 58.4 Å². The molecule has 0 aliphatic carbocycles. The Hall–Kier alpha value is -3.09. The van der Waals surface area contributed by atoms with E-state index in [9.17, 15) is 26.8 Å². The van der Waals surface area contributed by atoms with Crippen LogP contribution in [0.5, 0.6) is 5.75 Å². The Morgan fingerprint density at radius 2 is 1.86 bits per heavy atom. The number of benzene rings is 2. The number of alkyl halides is 2. The lowest BCUT2D eigenvalue weighted by Gasteiger charge is -2.25. The van der Waals surface area contributed by atoms with Crippen LogP contribution in [0.2, 0.25) is 0 Å². The summed E-state index contributed by atoms with van der Waals surface area (Å²) in [6.07, 6.45) is 1.67. The van der Waals surface area contributed by atoms with Gasteiger partial charge in [-0.3, -0.25) is 9.59 Å². The monoisotopic (exact) mass is 523 g/mol. The number of nitrogens with one attached hydrogen (secondary N) is 1. The van der Waals surface area contributed by atoms with Gasteiger partial charge >= 0.3 is 6.61 Å². The van der Waals surface area contributed by atoms with E-state index in [4.69, 9.17) is 10.5 Å². The molecule has 2 aliphatic rings. The predicted molar refractivity (Wildman–Crippen MR) is 127 cm³/mol. The maximum Gasteiger partial charge on any atom is 0.387 e. The lowest BCUT2D eigenvalue weighted by Crippen LogP contribution is -2.45. The lowest BCUT2D eigenvalue weighted by atomic mass is 10.0.